The van der Waals surface area contributed by atoms with E-state index >= 15 is 0 Å². The predicted molar refractivity (Wildman–Crippen MR) is 83.2 cm³/mol. The predicted octanol–water partition coefficient (Wildman–Crippen LogP) is 2.10. The third kappa shape index (κ3) is 4.76. The van der Waals surface area contributed by atoms with Crippen LogP contribution in [0.5, 0.6) is 0 Å². The van der Waals surface area contributed by atoms with Gasteiger partial charge in [0.05, 0.1) is 5.60 Å². The summed E-state index contributed by atoms with van der Waals surface area (Å²) >= 11 is 0. The summed E-state index contributed by atoms with van der Waals surface area (Å²) in [6.07, 6.45) is 4.20. The Labute approximate surface area is 128 Å². The highest BCUT2D eigenvalue weighted by Crippen LogP contribution is 2.32. The second-order valence-electron chi connectivity index (χ2n) is 7.48. The molecule has 0 aromatic carbocycles. The number of likely N-dealkylation sites (N-methyl/N-ethyl adjacent to an activating group) is 1. The van der Waals surface area contributed by atoms with Crippen LogP contribution in [0.2, 0.25) is 0 Å². The second-order valence-corrected chi connectivity index (χ2v) is 7.48. The summed E-state index contributed by atoms with van der Waals surface area (Å²) in [4.78, 5) is 14.3. The number of ether oxygens (including phenoxy) is 1. The molecule has 1 aliphatic carbocycles. The number of rotatable bonds is 5. The molecule has 0 bridgehead atoms. The molecule has 2 aliphatic rings. The first-order valence-electron chi connectivity index (χ1n) is 8.41. The van der Waals surface area contributed by atoms with Gasteiger partial charge in [-0.15, -0.1) is 0 Å². The van der Waals surface area contributed by atoms with E-state index in [0.29, 0.717) is 50.2 Å². The number of nitrogens with zero attached hydrogens (tertiary/aromatic N) is 1. The molecule has 2 unspecified atom stereocenters. The van der Waals surface area contributed by atoms with Gasteiger partial charge in [-0.1, -0.05) is 13.8 Å². The van der Waals surface area contributed by atoms with Crippen molar-refractivity contribution in [3.63, 3.8) is 0 Å². The molecule has 2 rings (SSSR count). The van der Waals surface area contributed by atoms with Crippen molar-refractivity contribution in [2.75, 3.05) is 33.4 Å². The molecule has 0 spiro atoms. The van der Waals surface area contributed by atoms with Gasteiger partial charge in [0, 0.05) is 51.5 Å². The molecule has 0 radical (unpaired) electrons. The van der Waals surface area contributed by atoms with Crippen LogP contribution in [0.15, 0.2) is 0 Å². The molecule has 122 valence electrons. The fourth-order valence-corrected chi connectivity index (χ4v) is 3.78. The first-order chi connectivity index (χ1) is 9.89. The highest BCUT2D eigenvalue weighted by Gasteiger charge is 2.34. The van der Waals surface area contributed by atoms with Crippen LogP contribution in [-0.2, 0) is 9.53 Å². The fourth-order valence-electron chi connectivity index (χ4n) is 3.78. The SMILES string of the molecule is CC(C)C1CCC(=O)C(CN(C)CC2(O)CCOCC2)C1. The van der Waals surface area contributed by atoms with Crippen molar-refractivity contribution in [2.45, 2.75) is 51.6 Å². The summed E-state index contributed by atoms with van der Waals surface area (Å²) in [5.41, 5.74) is -0.637. The average molecular weight is 297 g/mol. The minimum absolute atomic E-state index is 0.152. The van der Waals surface area contributed by atoms with Gasteiger partial charge >= 0.3 is 0 Å². The van der Waals surface area contributed by atoms with Gasteiger partial charge < -0.3 is 14.7 Å². The van der Waals surface area contributed by atoms with Crippen LogP contribution in [-0.4, -0.2) is 54.7 Å². The maximum absolute atomic E-state index is 12.2. The maximum Gasteiger partial charge on any atom is 0.137 e. The van der Waals surface area contributed by atoms with E-state index in [-0.39, 0.29) is 5.92 Å². The lowest BCUT2D eigenvalue weighted by molar-refractivity contribution is -0.127. The second kappa shape index (κ2) is 7.21. The first-order valence-corrected chi connectivity index (χ1v) is 8.41. The van der Waals surface area contributed by atoms with Crippen molar-refractivity contribution in [2.24, 2.45) is 17.8 Å². The van der Waals surface area contributed by atoms with Gasteiger partial charge in [-0.2, -0.15) is 0 Å². The molecular formula is C17H31NO3. The van der Waals surface area contributed by atoms with Gasteiger partial charge in [-0.05, 0) is 31.7 Å². The standard InChI is InChI=1S/C17H31NO3/c1-13(2)14-4-5-16(19)15(10-14)11-18(3)12-17(20)6-8-21-9-7-17/h13-15,20H,4-12H2,1-3H3. The highest BCUT2D eigenvalue weighted by molar-refractivity contribution is 5.82. The number of hydrogen-bond acceptors (Lipinski definition) is 4. The van der Waals surface area contributed by atoms with Crippen molar-refractivity contribution >= 4 is 5.78 Å². The molecule has 0 amide bonds. The van der Waals surface area contributed by atoms with Crippen LogP contribution in [0.25, 0.3) is 0 Å². The summed E-state index contributed by atoms with van der Waals surface area (Å²) in [5, 5.41) is 10.6. The Balaban J connectivity index is 1.85. The van der Waals surface area contributed by atoms with Gasteiger partial charge in [-0.3, -0.25) is 4.79 Å². The Bertz CT molecular complexity index is 350. The zero-order valence-corrected chi connectivity index (χ0v) is 13.8. The number of aliphatic hydroxyl groups is 1. The summed E-state index contributed by atoms with van der Waals surface area (Å²) in [5.74, 6) is 1.90. The lowest BCUT2D eigenvalue weighted by Gasteiger charge is -2.38. The van der Waals surface area contributed by atoms with Crippen molar-refractivity contribution in [3.8, 4) is 0 Å². The van der Waals surface area contributed by atoms with E-state index in [9.17, 15) is 9.90 Å². The molecule has 1 aliphatic heterocycles. The third-order valence-corrected chi connectivity index (χ3v) is 5.27. The number of carbonyl (C=O) groups excluding carboxylic acids is 1. The Morgan fingerprint density at radius 1 is 1.38 bits per heavy atom. The molecule has 21 heavy (non-hydrogen) atoms. The quantitative estimate of drug-likeness (QED) is 0.844. The van der Waals surface area contributed by atoms with Gasteiger partial charge in [0.15, 0.2) is 0 Å². The lowest BCUT2D eigenvalue weighted by atomic mass is 9.75. The van der Waals surface area contributed by atoms with E-state index in [0.717, 1.165) is 25.8 Å². The number of hydrogen-bond donors (Lipinski definition) is 1. The van der Waals surface area contributed by atoms with Crippen molar-refractivity contribution in [1.29, 1.82) is 0 Å². The third-order valence-electron chi connectivity index (χ3n) is 5.27. The zero-order chi connectivity index (χ0) is 15.5. The summed E-state index contributed by atoms with van der Waals surface area (Å²) in [6.45, 7) is 7.22. The molecule has 2 atom stereocenters. The number of ketones is 1. The van der Waals surface area contributed by atoms with Crippen LogP contribution in [0.1, 0.15) is 46.0 Å². The van der Waals surface area contributed by atoms with Crippen LogP contribution in [0, 0.1) is 17.8 Å². The smallest absolute Gasteiger partial charge is 0.137 e. The van der Waals surface area contributed by atoms with E-state index in [1.54, 1.807) is 0 Å². The van der Waals surface area contributed by atoms with Crippen molar-refractivity contribution in [3.05, 3.63) is 0 Å². The number of carbonyl (C=O) groups is 1. The van der Waals surface area contributed by atoms with Gasteiger partial charge in [0.2, 0.25) is 0 Å². The summed E-state index contributed by atoms with van der Waals surface area (Å²) in [7, 11) is 2.03. The van der Waals surface area contributed by atoms with E-state index in [4.69, 9.17) is 4.74 Å². The zero-order valence-electron chi connectivity index (χ0n) is 13.8. The molecule has 1 N–H and O–H groups in total. The lowest BCUT2D eigenvalue weighted by Crippen LogP contribution is -2.47. The normalized spacial score (nSPS) is 30.1. The van der Waals surface area contributed by atoms with Crippen LogP contribution >= 0.6 is 0 Å². The average Bonchev–Trinajstić information content (AvgIpc) is 2.41. The monoisotopic (exact) mass is 297 g/mol. The summed E-state index contributed by atoms with van der Waals surface area (Å²) < 4.78 is 5.32. The molecule has 0 aromatic rings. The van der Waals surface area contributed by atoms with Crippen LogP contribution in [0.4, 0.5) is 0 Å². The van der Waals surface area contributed by atoms with Crippen LogP contribution < -0.4 is 0 Å². The molecule has 1 saturated heterocycles. The molecule has 0 aromatic heterocycles. The minimum atomic E-state index is -0.637. The molecule has 2 fully saturated rings. The first kappa shape index (κ1) is 16.9. The molecular weight excluding hydrogens is 266 g/mol. The Hall–Kier alpha value is -0.450. The van der Waals surface area contributed by atoms with E-state index < -0.39 is 5.60 Å². The Morgan fingerprint density at radius 3 is 2.67 bits per heavy atom. The van der Waals surface area contributed by atoms with Gasteiger partial charge in [0.1, 0.15) is 5.78 Å². The maximum atomic E-state index is 12.2. The topological polar surface area (TPSA) is 49.8 Å². The molecule has 4 nitrogen and oxygen atoms in total. The minimum Gasteiger partial charge on any atom is -0.388 e. The van der Waals surface area contributed by atoms with E-state index in [1.807, 2.05) is 7.05 Å². The largest absolute Gasteiger partial charge is 0.388 e. The number of Topliss-reactive ketones (excluding diaryl/α,β-unsaturated/α-hetero) is 1. The summed E-state index contributed by atoms with van der Waals surface area (Å²) in [6, 6.07) is 0. The van der Waals surface area contributed by atoms with E-state index in [2.05, 4.69) is 18.7 Å². The van der Waals surface area contributed by atoms with Gasteiger partial charge in [0.25, 0.3) is 0 Å². The molecule has 1 heterocycles. The van der Waals surface area contributed by atoms with Crippen molar-refractivity contribution < 1.29 is 14.6 Å². The molecule has 1 saturated carbocycles. The van der Waals surface area contributed by atoms with Gasteiger partial charge in [-0.25, -0.2) is 0 Å². The Morgan fingerprint density at radius 2 is 2.05 bits per heavy atom. The van der Waals surface area contributed by atoms with E-state index in [1.165, 1.54) is 0 Å². The fraction of sp³-hybridized carbons (Fsp3) is 0.941. The molecule has 4 heteroatoms. The van der Waals surface area contributed by atoms with Crippen LogP contribution in [0.3, 0.4) is 0 Å². The van der Waals surface area contributed by atoms with Crippen molar-refractivity contribution in [1.82, 2.24) is 4.90 Å². The Kier molecular flexibility index (Phi) is 5.81. The highest BCUT2D eigenvalue weighted by atomic mass is 16.5.